The van der Waals surface area contributed by atoms with Gasteiger partial charge in [0, 0.05) is 6.54 Å². The number of aromatic nitrogens is 3. The van der Waals surface area contributed by atoms with E-state index in [1.165, 1.54) is 0 Å². The first kappa shape index (κ1) is 11.5. The van der Waals surface area contributed by atoms with Crippen molar-refractivity contribution in [2.75, 3.05) is 12.3 Å². The second-order valence-corrected chi connectivity index (χ2v) is 3.97. The maximum absolute atomic E-state index is 11.5. The predicted octanol–water partition coefficient (Wildman–Crippen LogP) is 0.409. The average molecular weight is 211 g/mol. The zero-order valence-corrected chi connectivity index (χ0v) is 9.24. The van der Waals surface area contributed by atoms with Crippen LogP contribution in [-0.4, -0.2) is 27.6 Å². The zero-order chi connectivity index (χ0) is 11.4. The Bertz CT molecular complexity index is 333. The zero-order valence-electron chi connectivity index (χ0n) is 9.24. The lowest BCUT2D eigenvalue weighted by molar-refractivity contribution is 0.0935. The molecule has 6 heteroatoms. The third-order valence-electron chi connectivity index (χ3n) is 2.44. The highest BCUT2D eigenvalue weighted by Crippen LogP contribution is 2.07. The van der Waals surface area contributed by atoms with Gasteiger partial charge < -0.3 is 11.1 Å². The van der Waals surface area contributed by atoms with E-state index in [0.29, 0.717) is 18.4 Å². The Morgan fingerprint density at radius 2 is 2.20 bits per heavy atom. The Morgan fingerprint density at radius 3 is 2.67 bits per heavy atom. The van der Waals surface area contributed by atoms with Crippen molar-refractivity contribution in [1.82, 2.24) is 20.5 Å². The summed E-state index contributed by atoms with van der Waals surface area (Å²) < 4.78 is 0. The number of nitrogen functional groups attached to an aromatic ring is 1. The molecule has 0 aliphatic rings. The Kier molecular flexibility index (Phi) is 3.65. The summed E-state index contributed by atoms with van der Waals surface area (Å²) >= 11 is 0. The van der Waals surface area contributed by atoms with Gasteiger partial charge in [-0.3, -0.25) is 9.89 Å². The van der Waals surface area contributed by atoms with E-state index in [2.05, 4.69) is 41.3 Å². The van der Waals surface area contributed by atoms with E-state index in [9.17, 15) is 4.79 Å². The first-order chi connectivity index (χ1) is 7.00. The van der Waals surface area contributed by atoms with Gasteiger partial charge in [-0.25, -0.2) is 0 Å². The highest BCUT2D eigenvalue weighted by Gasteiger charge is 2.13. The van der Waals surface area contributed by atoms with E-state index in [4.69, 9.17) is 5.73 Å². The number of hydrogen-bond donors (Lipinski definition) is 3. The van der Waals surface area contributed by atoms with E-state index in [-0.39, 0.29) is 17.7 Å². The second kappa shape index (κ2) is 4.77. The molecule has 0 saturated heterocycles. The van der Waals surface area contributed by atoms with Crippen molar-refractivity contribution in [1.29, 1.82) is 0 Å². The number of anilines is 1. The minimum absolute atomic E-state index is 0.0806. The molecule has 1 atom stereocenters. The molecule has 6 nitrogen and oxygen atoms in total. The molecule has 0 spiro atoms. The van der Waals surface area contributed by atoms with Crippen LogP contribution in [0.25, 0.3) is 0 Å². The minimum Gasteiger partial charge on any atom is -0.366 e. The normalized spacial score (nSPS) is 12.8. The van der Waals surface area contributed by atoms with E-state index >= 15 is 0 Å². The molecule has 0 aliphatic carbocycles. The molecule has 1 rings (SSSR count). The molecule has 0 fully saturated rings. The lowest BCUT2D eigenvalue weighted by atomic mass is 9.98. The van der Waals surface area contributed by atoms with Gasteiger partial charge in [0.2, 0.25) is 11.8 Å². The van der Waals surface area contributed by atoms with Crippen molar-refractivity contribution in [2.45, 2.75) is 20.8 Å². The Hall–Kier alpha value is -1.59. The molecule has 0 aromatic carbocycles. The van der Waals surface area contributed by atoms with Crippen LogP contribution in [0.4, 0.5) is 5.95 Å². The third kappa shape index (κ3) is 3.23. The fourth-order valence-corrected chi connectivity index (χ4v) is 0.949. The maximum atomic E-state index is 11.5. The number of nitrogens with zero attached hydrogens (tertiary/aromatic N) is 2. The minimum atomic E-state index is -0.272. The van der Waals surface area contributed by atoms with Crippen LogP contribution in [0, 0.1) is 11.8 Å². The number of rotatable bonds is 4. The van der Waals surface area contributed by atoms with Crippen LogP contribution in [0.2, 0.25) is 0 Å². The van der Waals surface area contributed by atoms with E-state index in [1.54, 1.807) is 0 Å². The molecule has 15 heavy (non-hydrogen) atoms. The molecule has 0 radical (unpaired) electrons. The van der Waals surface area contributed by atoms with Gasteiger partial charge in [-0.1, -0.05) is 20.8 Å². The van der Waals surface area contributed by atoms with Crippen LogP contribution in [0.5, 0.6) is 0 Å². The Labute approximate surface area is 88.7 Å². The highest BCUT2D eigenvalue weighted by atomic mass is 16.2. The average Bonchev–Trinajstić information content (AvgIpc) is 2.60. The number of aromatic amines is 1. The number of carbonyl (C=O) groups is 1. The summed E-state index contributed by atoms with van der Waals surface area (Å²) in [6.07, 6.45) is 0. The standard InChI is InChI=1S/C9H17N5O/c1-5(2)6(3)4-11-8(15)7-12-9(10)14-13-7/h5-6H,4H2,1-3H3,(H,11,15)(H3,10,12,13,14). The molecule has 0 saturated carbocycles. The number of carbonyl (C=O) groups excluding carboxylic acids is 1. The molecular weight excluding hydrogens is 194 g/mol. The van der Waals surface area contributed by atoms with Crippen molar-refractivity contribution in [3.05, 3.63) is 5.82 Å². The van der Waals surface area contributed by atoms with Crippen LogP contribution in [0.3, 0.4) is 0 Å². The second-order valence-electron chi connectivity index (χ2n) is 3.97. The Morgan fingerprint density at radius 1 is 1.53 bits per heavy atom. The molecule has 1 amide bonds. The molecule has 84 valence electrons. The van der Waals surface area contributed by atoms with Gasteiger partial charge in [0.25, 0.3) is 5.91 Å². The van der Waals surface area contributed by atoms with Crippen molar-refractivity contribution in [2.24, 2.45) is 11.8 Å². The largest absolute Gasteiger partial charge is 0.366 e. The third-order valence-corrected chi connectivity index (χ3v) is 2.44. The SMILES string of the molecule is CC(C)C(C)CNC(=O)c1nc(N)n[nH]1. The van der Waals surface area contributed by atoms with Crippen molar-refractivity contribution in [3.8, 4) is 0 Å². The number of nitrogens with two attached hydrogens (primary N) is 1. The summed E-state index contributed by atoms with van der Waals surface area (Å²) in [6.45, 7) is 6.93. The van der Waals surface area contributed by atoms with Gasteiger partial charge >= 0.3 is 0 Å². The topological polar surface area (TPSA) is 96.7 Å². The number of amides is 1. The van der Waals surface area contributed by atoms with Crippen LogP contribution in [0.15, 0.2) is 0 Å². The van der Waals surface area contributed by atoms with Crippen LogP contribution in [-0.2, 0) is 0 Å². The first-order valence-electron chi connectivity index (χ1n) is 4.96. The number of nitrogens with one attached hydrogen (secondary N) is 2. The van der Waals surface area contributed by atoms with Crippen LogP contribution >= 0.6 is 0 Å². The molecule has 0 aliphatic heterocycles. The van der Waals surface area contributed by atoms with E-state index in [0.717, 1.165) is 0 Å². The molecular formula is C9H17N5O. The monoisotopic (exact) mass is 211 g/mol. The van der Waals surface area contributed by atoms with Crippen molar-refractivity contribution >= 4 is 11.9 Å². The summed E-state index contributed by atoms with van der Waals surface area (Å²) in [5.41, 5.74) is 5.29. The summed E-state index contributed by atoms with van der Waals surface area (Å²) in [7, 11) is 0. The lowest BCUT2D eigenvalue weighted by Gasteiger charge is -2.15. The number of H-pyrrole nitrogens is 1. The fourth-order valence-electron chi connectivity index (χ4n) is 0.949. The van der Waals surface area contributed by atoms with Gasteiger partial charge in [-0.05, 0) is 11.8 Å². The van der Waals surface area contributed by atoms with Gasteiger partial charge in [0.1, 0.15) is 0 Å². The molecule has 0 bridgehead atoms. The molecule has 1 aromatic heterocycles. The van der Waals surface area contributed by atoms with E-state index in [1.807, 2.05) is 0 Å². The molecule has 4 N–H and O–H groups in total. The van der Waals surface area contributed by atoms with Crippen molar-refractivity contribution < 1.29 is 4.79 Å². The summed E-state index contributed by atoms with van der Waals surface area (Å²) in [4.78, 5) is 15.2. The maximum Gasteiger partial charge on any atom is 0.288 e. The smallest absolute Gasteiger partial charge is 0.288 e. The van der Waals surface area contributed by atoms with Gasteiger partial charge in [-0.2, -0.15) is 4.98 Å². The molecule has 1 heterocycles. The first-order valence-corrected chi connectivity index (χ1v) is 4.96. The summed E-state index contributed by atoms with van der Waals surface area (Å²) in [5, 5.41) is 8.81. The van der Waals surface area contributed by atoms with Gasteiger partial charge in [-0.15, -0.1) is 5.10 Å². The molecule has 1 unspecified atom stereocenters. The number of hydrogen-bond acceptors (Lipinski definition) is 4. The summed E-state index contributed by atoms with van der Waals surface area (Å²) in [6, 6.07) is 0. The predicted molar refractivity (Wildman–Crippen MR) is 57.1 cm³/mol. The quantitative estimate of drug-likeness (QED) is 0.672. The van der Waals surface area contributed by atoms with Gasteiger partial charge in [0.15, 0.2) is 0 Å². The molecule has 1 aromatic rings. The fraction of sp³-hybridized carbons (Fsp3) is 0.667. The highest BCUT2D eigenvalue weighted by molar-refractivity contribution is 5.90. The van der Waals surface area contributed by atoms with Crippen LogP contribution in [0.1, 0.15) is 31.4 Å². The van der Waals surface area contributed by atoms with Gasteiger partial charge in [0.05, 0.1) is 0 Å². The summed E-state index contributed by atoms with van der Waals surface area (Å²) in [5.74, 6) is 0.923. The van der Waals surface area contributed by atoms with Crippen molar-refractivity contribution in [3.63, 3.8) is 0 Å². The lowest BCUT2D eigenvalue weighted by Crippen LogP contribution is -2.30. The van der Waals surface area contributed by atoms with Crippen LogP contribution < -0.4 is 11.1 Å². The van der Waals surface area contributed by atoms with E-state index < -0.39 is 0 Å². The Balaban J connectivity index is 2.43.